The predicted molar refractivity (Wildman–Crippen MR) is 96.3 cm³/mol. The summed E-state index contributed by atoms with van der Waals surface area (Å²) in [5.74, 6) is -2.67. The van der Waals surface area contributed by atoms with E-state index >= 15 is 0 Å². The quantitative estimate of drug-likeness (QED) is 0.809. The predicted octanol–water partition coefficient (Wildman–Crippen LogP) is 2.76. The number of hydrogen-bond donors (Lipinski definition) is 1. The number of aromatic nitrogens is 1. The minimum Gasteiger partial charge on any atom is -0.475 e. The van der Waals surface area contributed by atoms with Crippen LogP contribution in [-0.2, 0) is 14.3 Å². The molecule has 3 heterocycles. The number of carbonyl (C=O) groups excluding carboxylic acids is 1. The van der Waals surface area contributed by atoms with Gasteiger partial charge >= 0.3 is 12.1 Å². The van der Waals surface area contributed by atoms with Crippen LogP contribution in [0.25, 0.3) is 0 Å². The second kappa shape index (κ2) is 10.0. The summed E-state index contributed by atoms with van der Waals surface area (Å²) in [6.45, 7) is 5.69. The fourth-order valence-corrected chi connectivity index (χ4v) is 3.66. The van der Waals surface area contributed by atoms with Crippen molar-refractivity contribution < 1.29 is 37.3 Å². The van der Waals surface area contributed by atoms with Gasteiger partial charge in [0.05, 0.1) is 12.7 Å². The molecule has 2 fully saturated rings. The van der Waals surface area contributed by atoms with Crippen LogP contribution in [0, 0.1) is 5.41 Å². The summed E-state index contributed by atoms with van der Waals surface area (Å²) >= 11 is 0. The first-order valence-electron chi connectivity index (χ1n) is 9.38. The molecule has 1 amide bonds. The van der Waals surface area contributed by atoms with Crippen LogP contribution in [0.2, 0.25) is 0 Å². The van der Waals surface area contributed by atoms with Crippen LogP contribution >= 0.6 is 0 Å². The largest absolute Gasteiger partial charge is 0.490 e. The van der Waals surface area contributed by atoms with Gasteiger partial charge in [0.25, 0.3) is 5.91 Å². The second-order valence-electron chi connectivity index (χ2n) is 7.02. The molecule has 2 aliphatic rings. The van der Waals surface area contributed by atoms with Crippen LogP contribution in [0.5, 0.6) is 0 Å². The highest BCUT2D eigenvalue weighted by Crippen LogP contribution is 2.40. The minimum absolute atomic E-state index is 0.0464. The summed E-state index contributed by atoms with van der Waals surface area (Å²) in [6, 6.07) is 3.56. The Bertz CT molecular complexity index is 686. The lowest BCUT2D eigenvalue weighted by Gasteiger charge is -2.50. The molecule has 10 heteroatoms. The molecule has 2 atom stereocenters. The Morgan fingerprint density at radius 1 is 1.38 bits per heavy atom. The normalized spacial score (nSPS) is 24.1. The van der Waals surface area contributed by atoms with Gasteiger partial charge in [-0.1, -0.05) is 0 Å². The van der Waals surface area contributed by atoms with Gasteiger partial charge < -0.3 is 19.5 Å². The highest BCUT2D eigenvalue weighted by atomic mass is 19.4. The number of fused-ring (bicyclic) bond motifs is 1. The molecule has 1 aromatic rings. The van der Waals surface area contributed by atoms with Crippen molar-refractivity contribution in [1.82, 2.24) is 9.88 Å². The van der Waals surface area contributed by atoms with Gasteiger partial charge in [0.2, 0.25) is 0 Å². The average molecular weight is 418 g/mol. The molecule has 0 aromatic carbocycles. The minimum atomic E-state index is -5.08. The SMILES string of the molecule is CCOCC12CCCOC1CCN(C(=O)c1ccncc1)C2.O=C(O)C(F)(F)F. The lowest BCUT2D eigenvalue weighted by Crippen LogP contribution is -2.58. The Morgan fingerprint density at radius 2 is 2.03 bits per heavy atom. The molecule has 29 heavy (non-hydrogen) atoms. The van der Waals surface area contributed by atoms with E-state index in [-0.39, 0.29) is 17.4 Å². The third-order valence-electron chi connectivity index (χ3n) is 5.04. The molecule has 0 radical (unpaired) electrons. The molecule has 2 unspecified atom stereocenters. The van der Waals surface area contributed by atoms with Crippen molar-refractivity contribution in [3.05, 3.63) is 30.1 Å². The average Bonchev–Trinajstić information content (AvgIpc) is 2.71. The summed E-state index contributed by atoms with van der Waals surface area (Å²) in [5.41, 5.74) is 0.659. The van der Waals surface area contributed by atoms with Crippen LogP contribution in [0.1, 0.15) is 36.5 Å². The van der Waals surface area contributed by atoms with Crippen molar-refractivity contribution in [2.45, 2.75) is 38.5 Å². The first-order chi connectivity index (χ1) is 13.7. The van der Waals surface area contributed by atoms with Crippen LogP contribution < -0.4 is 0 Å². The van der Waals surface area contributed by atoms with Crippen molar-refractivity contribution in [2.24, 2.45) is 5.41 Å². The van der Waals surface area contributed by atoms with Crippen molar-refractivity contribution >= 4 is 11.9 Å². The zero-order chi connectivity index (χ0) is 21.5. The number of amides is 1. The molecule has 0 aliphatic carbocycles. The number of rotatable bonds is 4. The van der Waals surface area contributed by atoms with Crippen molar-refractivity contribution in [1.29, 1.82) is 0 Å². The number of halogens is 3. The monoisotopic (exact) mass is 418 g/mol. The molecule has 2 saturated heterocycles. The van der Waals surface area contributed by atoms with Crippen molar-refractivity contribution in [2.75, 3.05) is 32.9 Å². The van der Waals surface area contributed by atoms with Gasteiger partial charge in [-0.25, -0.2) is 4.79 Å². The number of piperidine rings is 1. The molecule has 0 saturated carbocycles. The molecular formula is C19H25F3N2O5. The second-order valence-corrected chi connectivity index (χ2v) is 7.02. The van der Waals surface area contributed by atoms with Crippen LogP contribution in [-0.4, -0.2) is 72.1 Å². The summed E-state index contributed by atoms with van der Waals surface area (Å²) in [4.78, 5) is 27.5. The Labute approximate surface area is 166 Å². The first kappa shape index (κ1) is 23.1. The number of carbonyl (C=O) groups is 2. The van der Waals surface area contributed by atoms with Crippen molar-refractivity contribution in [3.63, 3.8) is 0 Å². The zero-order valence-electron chi connectivity index (χ0n) is 16.2. The molecule has 3 rings (SSSR count). The van der Waals surface area contributed by atoms with E-state index in [1.807, 2.05) is 11.8 Å². The van der Waals surface area contributed by atoms with E-state index in [4.69, 9.17) is 19.4 Å². The van der Waals surface area contributed by atoms with E-state index in [0.29, 0.717) is 18.8 Å². The lowest BCUT2D eigenvalue weighted by atomic mass is 9.73. The maximum atomic E-state index is 12.7. The highest BCUT2D eigenvalue weighted by Gasteiger charge is 2.47. The molecule has 0 spiro atoms. The fraction of sp³-hybridized carbons (Fsp3) is 0.632. The smallest absolute Gasteiger partial charge is 0.475 e. The van der Waals surface area contributed by atoms with Crippen LogP contribution in [0.15, 0.2) is 24.5 Å². The molecule has 2 aliphatic heterocycles. The fourth-order valence-electron chi connectivity index (χ4n) is 3.66. The van der Waals surface area contributed by atoms with Crippen molar-refractivity contribution in [3.8, 4) is 0 Å². The first-order valence-corrected chi connectivity index (χ1v) is 9.38. The van der Waals surface area contributed by atoms with Crippen LogP contribution in [0.3, 0.4) is 0 Å². The van der Waals surface area contributed by atoms with E-state index in [2.05, 4.69) is 4.98 Å². The van der Waals surface area contributed by atoms with E-state index in [1.54, 1.807) is 24.5 Å². The summed E-state index contributed by atoms with van der Waals surface area (Å²) in [7, 11) is 0. The molecule has 162 valence electrons. The van der Waals surface area contributed by atoms with E-state index in [0.717, 1.165) is 39.0 Å². The number of pyridine rings is 1. The van der Waals surface area contributed by atoms with Gasteiger partial charge in [0, 0.05) is 49.7 Å². The van der Waals surface area contributed by atoms with Gasteiger partial charge in [-0.2, -0.15) is 13.2 Å². The number of carboxylic acids is 1. The molecule has 1 N–H and O–H groups in total. The Hall–Kier alpha value is -2.20. The molecule has 1 aromatic heterocycles. The van der Waals surface area contributed by atoms with Gasteiger partial charge in [-0.3, -0.25) is 9.78 Å². The summed E-state index contributed by atoms with van der Waals surface area (Å²) in [5, 5.41) is 7.12. The number of likely N-dealkylation sites (tertiary alicyclic amines) is 1. The number of hydrogen-bond acceptors (Lipinski definition) is 5. The van der Waals surface area contributed by atoms with Gasteiger partial charge in [-0.15, -0.1) is 0 Å². The molecule has 0 bridgehead atoms. The third-order valence-corrected chi connectivity index (χ3v) is 5.04. The standard InChI is InChI=1S/C17H24N2O3.C2HF3O2/c1-2-21-13-17-7-3-11-22-15(17)6-10-19(12-17)16(20)14-4-8-18-9-5-14;3-2(4,5)1(6)7/h4-5,8-9,15H,2-3,6-7,10-13H2,1H3;(H,6,7). The Kier molecular flexibility index (Phi) is 7.97. The third kappa shape index (κ3) is 6.14. The number of ether oxygens (including phenoxy) is 2. The molecular weight excluding hydrogens is 393 g/mol. The van der Waals surface area contributed by atoms with Gasteiger partial charge in [0.1, 0.15) is 0 Å². The maximum Gasteiger partial charge on any atom is 0.490 e. The highest BCUT2D eigenvalue weighted by molar-refractivity contribution is 5.94. The zero-order valence-corrected chi connectivity index (χ0v) is 16.2. The van der Waals surface area contributed by atoms with Gasteiger partial charge in [0.15, 0.2) is 0 Å². The number of alkyl halides is 3. The Balaban J connectivity index is 0.000000370. The van der Waals surface area contributed by atoms with Crippen LogP contribution in [0.4, 0.5) is 13.2 Å². The summed E-state index contributed by atoms with van der Waals surface area (Å²) in [6.07, 6.45) is 1.47. The number of carboxylic acid groups (broad SMARTS) is 1. The summed E-state index contributed by atoms with van der Waals surface area (Å²) < 4.78 is 43.5. The number of aliphatic carboxylic acids is 1. The molecule has 7 nitrogen and oxygen atoms in total. The lowest BCUT2D eigenvalue weighted by molar-refractivity contribution is -0.192. The van der Waals surface area contributed by atoms with E-state index in [1.165, 1.54) is 0 Å². The number of nitrogens with zero attached hydrogens (tertiary/aromatic N) is 2. The maximum absolute atomic E-state index is 12.7. The van der Waals surface area contributed by atoms with Gasteiger partial charge in [-0.05, 0) is 38.3 Å². The van der Waals surface area contributed by atoms with E-state index < -0.39 is 12.1 Å². The Morgan fingerprint density at radius 3 is 2.62 bits per heavy atom. The van der Waals surface area contributed by atoms with E-state index in [9.17, 15) is 18.0 Å². The topological polar surface area (TPSA) is 89.0 Å².